The van der Waals surface area contributed by atoms with E-state index < -0.39 is 5.82 Å². The monoisotopic (exact) mass is 517 g/mol. The number of anilines is 2. The molecule has 1 aliphatic rings. The largest absolute Gasteiger partial charge is 0.388 e. The van der Waals surface area contributed by atoms with Gasteiger partial charge in [0.2, 0.25) is 5.95 Å². The Balaban J connectivity index is 1.33. The molecule has 3 N–H and O–H groups in total. The molecule has 4 heterocycles. The number of hydrogen-bond acceptors (Lipinski definition) is 6. The molecule has 0 radical (unpaired) electrons. The van der Waals surface area contributed by atoms with Crippen molar-refractivity contribution >= 4 is 28.4 Å². The van der Waals surface area contributed by atoms with Crippen molar-refractivity contribution in [3.05, 3.63) is 81.4 Å². The Morgan fingerprint density at radius 1 is 1.16 bits per heavy atom. The van der Waals surface area contributed by atoms with Gasteiger partial charge in [0.25, 0.3) is 11.5 Å². The molecule has 4 aromatic rings. The number of carbonyl (C=O) groups excluding carboxylic acids is 1. The number of carbonyl (C=O) groups is 1. The second-order valence-corrected chi connectivity index (χ2v) is 9.83. The fourth-order valence-corrected chi connectivity index (χ4v) is 5.37. The van der Waals surface area contributed by atoms with Gasteiger partial charge in [-0.05, 0) is 44.7 Å². The van der Waals surface area contributed by atoms with E-state index in [0.717, 1.165) is 54.8 Å². The standard InChI is InChI=1S/C28H32FN7O2/c1-17-12-23(30-3)22(26(37)34-17)15-31-27(38)25-18(2)36(24-7-5-4-6-21(24)25)16-19-8-10-35(11-9-19)28-32-13-20(29)14-33-28/h4-7,12-14,19H,8-11,15-16H2,1-3H3,(H,31,38)(H2,30,34,37). The Morgan fingerprint density at radius 3 is 2.58 bits per heavy atom. The van der Waals surface area contributed by atoms with Crippen molar-refractivity contribution in [1.29, 1.82) is 0 Å². The average Bonchev–Trinajstić information content (AvgIpc) is 3.19. The van der Waals surface area contributed by atoms with E-state index in [4.69, 9.17) is 0 Å². The van der Waals surface area contributed by atoms with Crippen molar-refractivity contribution in [3.8, 4) is 0 Å². The van der Waals surface area contributed by atoms with Crippen molar-refractivity contribution in [3.63, 3.8) is 0 Å². The van der Waals surface area contributed by atoms with E-state index in [1.165, 1.54) is 12.4 Å². The third-order valence-corrected chi connectivity index (χ3v) is 7.37. The summed E-state index contributed by atoms with van der Waals surface area (Å²) >= 11 is 0. The van der Waals surface area contributed by atoms with Gasteiger partial charge in [-0.3, -0.25) is 9.59 Å². The van der Waals surface area contributed by atoms with Crippen LogP contribution >= 0.6 is 0 Å². The first-order valence-corrected chi connectivity index (χ1v) is 12.8. The van der Waals surface area contributed by atoms with Gasteiger partial charge in [0, 0.05) is 54.7 Å². The van der Waals surface area contributed by atoms with Gasteiger partial charge >= 0.3 is 0 Å². The summed E-state index contributed by atoms with van der Waals surface area (Å²) in [5.74, 6) is 0.330. The van der Waals surface area contributed by atoms with Gasteiger partial charge in [-0.15, -0.1) is 0 Å². The van der Waals surface area contributed by atoms with Crippen LogP contribution in [-0.4, -0.2) is 45.6 Å². The normalized spacial score (nSPS) is 14.2. The maximum atomic E-state index is 13.5. The quantitative estimate of drug-likeness (QED) is 0.345. The summed E-state index contributed by atoms with van der Waals surface area (Å²) in [6, 6.07) is 9.80. The molecule has 38 heavy (non-hydrogen) atoms. The van der Waals surface area contributed by atoms with Crippen LogP contribution in [0.1, 0.15) is 40.2 Å². The Kier molecular flexibility index (Phi) is 7.13. The second-order valence-electron chi connectivity index (χ2n) is 9.83. The Hall–Kier alpha value is -4.21. The topological polar surface area (TPSA) is 108 Å². The van der Waals surface area contributed by atoms with Crippen molar-refractivity contribution in [2.24, 2.45) is 5.92 Å². The summed E-state index contributed by atoms with van der Waals surface area (Å²) in [7, 11) is 1.76. The van der Waals surface area contributed by atoms with Gasteiger partial charge in [0.15, 0.2) is 5.82 Å². The number of nitrogens with zero attached hydrogens (tertiary/aromatic N) is 4. The van der Waals surface area contributed by atoms with Crippen LogP contribution in [0.2, 0.25) is 0 Å². The highest BCUT2D eigenvalue weighted by molar-refractivity contribution is 6.08. The molecule has 1 fully saturated rings. The van der Waals surface area contributed by atoms with Gasteiger partial charge in [-0.2, -0.15) is 0 Å². The molecule has 0 spiro atoms. The molecule has 1 amide bonds. The zero-order valence-corrected chi connectivity index (χ0v) is 21.8. The third-order valence-electron chi connectivity index (χ3n) is 7.37. The number of benzene rings is 1. The molecule has 1 aliphatic heterocycles. The highest BCUT2D eigenvalue weighted by Gasteiger charge is 2.25. The van der Waals surface area contributed by atoms with E-state index in [9.17, 15) is 14.0 Å². The highest BCUT2D eigenvalue weighted by atomic mass is 19.1. The number of aromatic nitrogens is 4. The first kappa shape index (κ1) is 25.4. The molecule has 198 valence electrons. The zero-order chi connectivity index (χ0) is 26.8. The number of rotatable bonds is 7. The van der Waals surface area contributed by atoms with Crippen LogP contribution in [0.4, 0.5) is 16.0 Å². The van der Waals surface area contributed by atoms with Crippen molar-refractivity contribution in [2.75, 3.05) is 30.4 Å². The van der Waals surface area contributed by atoms with E-state index in [-0.39, 0.29) is 18.0 Å². The predicted molar refractivity (Wildman–Crippen MR) is 146 cm³/mol. The number of aromatic amines is 1. The molecule has 0 bridgehead atoms. The minimum Gasteiger partial charge on any atom is -0.388 e. The highest BCUT2D eigenvalue weighted by Crippen LogP contribution is 2.30. The molecular weight excluding hydrogens is 485 g/mol. The van der Waals surface area contributed by atoms with Crippen LogP contribution in [0.15, 0.2) is 47.5 Å². The van der Waals surface area contributed by atoms with Crippen LogP contribution in [0.3, 0.4) is 0 Å². The third kappa shape index (κ3) is 4.98. The fourth-order valence-electron chi connectivity index (χ4n) is 5.37. The van der Waals surface area contributed by atoms with Crippen LogP contribution in [0.25, 0.3) is 10.9 Å². The van der Waals surface area contributed by atoms with E-state index in [2.05, 4.69) is 35.1 Å². The maximum absolute atomic E-state index is 13.5. The second kappa shape index (κ2) is 10.6. The van der Waals surface area contributed by atoms with Gasteiger partial charge < -0.3 is 25.1 Å². The molecule has 0 atom stereocenters. The number of H-pyrrole nitrogens is 1. The first-order chi connectivity index (χ1) is 18.4. The average molecular weight is 518 g/mol. The molecule has 3 aromatic heterocycles. The molecule has 1 aromatic carbocycles. The van der Waals surface area contributed by atoms with Crippen molar-refractivity contribution in [2.45, 2.75) is 39.8 Å². The molecular formula is C28H32FN7O2. The van der Waals surface area contributed by atoms with E-state index in [1.807, 2.05) is 44.2 Å². The fraction of sp³-hybridized carbons (Fsp3) is 0.357. The number of fused-ring (bicyclic) bond motifs is 1. The number of hydrogen-bond donors (Lipinski definition) is 3. The Labute approximate surface area is 220 Å². The minimum atomic E-state index is -0.438. The number of nitrogens with one attached hydrogen (secondary N) is 3. The summed E-state index contributed by atoms with van der Waals surface area (Å²) < 4.78 is 15.4. The minimum absolute atomic E-state index is 0.119. The van der Waals surface area contributed by atoms with E-state index in [0.29, 0.717) is 28.7 Å². The van der Waals surface area contributed by atoms with Gasteiger partial charge in [0.1, 0.15) is 0 Å². The number of halogens is 1. The van der Waals surface area contributed by atoms with Crippen LogP contribution in [0, 0.1) is 25.6 Å². The first-order valence-electron chi connectivity index (χ1n) is 12.8. The lowest BCUT2D eigenvalue weighted by Gasteiger charge is -2.32. The summed E-state index contributed by atoms with van der Waals surface area (Å²) in [6.45, 7) is 6.30. The Bertz CT molecular complexity index is 1520. The lowest BCUT2D eigenvalue weighted by atomic mass is 9.96. The van der Waals surface area contributed by atoms with Gasteiger partial charge in [-0.25, -0.2) is 14.4 Å². The lowest BCUT2D eigenvalue weighted by Crippen LogP contribution is -2.36. The van der Waals surface area contributed by atoms with E-state index in [1.54, 1.807) is 7.05 Å². The molecule has 1 saturated heterocycles. The Morgan fingerprint density at radius 2 is 1.87 bits per heavy atom. The number of para-hydroxylation sites is 1. The zero-order valence-electron chi connectivity index (χ0n) is 21.8. The molecule has 0 saturated carbocycles. The lowest BCUT2D eigenvalue weighted by molar-refractivity contribution is 0.0951. The summed E-state index contributed by atoms with van der Waals surface area (Å²) in [6.07, 6.45) is 4.28. The number of piperidine rings is 1. The summed E-state index contributed by atoms with van der Waals surface area (Å²) in [5, 5.41) is 6.91. The van der Waals surface area contributed by atoms with Gasteiger partial charge in [0.05, 0.1) is 30.1 Å². The van der Waals surface area contributed by atoms with Crippen LogP contribution in [0.5, 0.6) is 0 Å². The molecule has 0 aliphatic carbocycles. The van der Waals surface area contributed by atoms with Gasteiger partial charge in [-0.1, -0.05) is 18.2 Å². The SMILES string of the molecule is CNc1cc(C)[nH]c(=O)c1CNC(=O)c1c(C)n(CC2CCN(c3ncc(F)cn3)CC2)c2ccccc12. The summed E-state index contributed by atoms with van der Waals surface area (Å²) in [5.41, 5.74) is 4.28. The molecule has 9 nitrogen and oxygen atoms in total. The summed E-state index contributed by atoms with van der Waals surface area (Å²) in [4.78, 5) is 39.1. The molecule has 10 heteroatoms. The molecule has 0 unspecified atom stereocenters. The number of aryl methyl sites for hydroxylation is 1. The van der Waals surface area contributed by atoms with Crippen LogP contribution in [-0.2, 0) is 13.1 Å². The number of pyridine rings is 1. The van der Waals surface area contributed by atoms with Crippen molar-refractivity contribution < 1.29 is 9.18 Å². The maximum Gasteiger partial charge on any atom is 0.255 e. The molecule has 5 rings (SSSR count). The predicted octanol–water partition coefficient (Wildman–Crippen LogP) is 3.76. The van der Waals surface area contributed by atoms with E-state index >= 15 is 0 Å². The smallest absolute Gasteiger partial charge is 0.255 e. The van der Waals surface area contributed by atoms with Crippen molar-refractivity contribution in [1.82, 2.24) is 24.8 Å². The number of amides is 1. The van der Waals surface area contributed by atoms with Crippen LogP contribution < -0.4 is 21.1 Å².